The van der Waals surface area contributed by atoms with Crippen LogP contribution in [0.25, 0.3) is 0 Å². The van der Waals surface area contributed by atoms with Gasteiger partial charge in [-0.1, -0.05) is 69.6 Å². The van der Waals surface area contributed by atoms with Gasteiger partial charge in [-0.25, -0.2) is 0 Å². The maximum absolute atomic E-state index is 10.6. The van der Waals surface area contributed by atoms with E-state index in [2.05, 4.69) is 9.97 Å². The van der Waals surface area contributed by atoms with Crippen LogP contribution in [0.15, 0.2) is 61.2 Å². The van der Waals surface area contributed by atoms with E-state index >= 15 is 0 Å². The van der Waals surface area contributed by atoms with E-state index in [4.69, 9.17) is 84.8 Å². The lowest BCUT2D eigenvalue weighted by atomic mass is 10.3. The topological polar surface area (TPSA) is 113 Å². The number of ether oxygens (including phenoxy) is 2. The van der Waals surface area contributed by atoms with Gasteiger partial charge in [0, 0.05) is 42.3 Å². The summed E-state index contributed by atoms with van der Waals surface area (Å²) in [6.45, 7) is 0. The summed E-state index contributed by atoms with van der Waals surface area (Å²) in [5, 5.41) is 12.2. The van der Waals surface area contributed by atoms with E-state index in [1.54, 1.807) is 18.2 Å². The SMILES string of the molecule is Nc1cc(Cl)c(Oc2cncc(Cl)c2)c(Cl)c1.O=[N+]([O-])c1cc(Cl)c(Oc2cncc(Cl)c2)c(Cl)c1. The van der Waals surface area contributed by atoms with E-state index in [-0.39, 0.29) is 21.5 Å². The van der Waals surface area contributed by atoms with Gasteiger partial charge in [0.05, 0.1) is 47.5 Å². The van der Waals surface area contributed by atoms with Crippen molar-refractivity contribution >= 4 is 81.0 Å². The molecule has 14 heteroatoms. The molecule has 0 radical (unpaired) electrons. The average Bonchev–Trinajstić information content (AvgIpc) is 2.79. The number of pyridine rings is 2. The number of hydrogen-bond donors (Lipinski definition) is 1. The molecule has 0 atom stereocenters. The Labute approximate surface area is 234 Å². The van der Waals surface area contributed by atoms with Gasteiger partial charge in [-0.2, -0.15) is 0 Å². The van der Waals surface area contributed by atoms with Crippen LogP contribution in [0.1, 0.15) is 0 Å². The number of aromatic nitrogens is 2. The number of benzene rings is 2. The Morgan fingerprint density at radius 3 is 1.42 bits per heavy atom. The van der Waals surface area contributed by atoms with Crippen molar-refractivity contribution in [3.8, 4) is 23.0 Å². The minimum Gasteiger partial charge on any atom is -0.453 e. The van der Waals surface area contributed by atoms with E-state index < -0.39 is 4.92 Å². The third kappa shape index (κ3) is 7.64. The molecule has 4 aromatic rings. The van der Waals surface area contributed by atoms with Crippen molar-refractivity contribution in [2.24, 2.45) is 0 Å². The number of nitro groups is 1. The summed E-state index contributed by atoms with van der Waals surface area (Å²) in [5.41, 5.74) is 5.84. The normalized spacial score (nSPS) is 10.3. The quantitative estimate of drug-likeness (QED) is 0.136. The first kappa shape index (κ1) is 27.9. The molecule has 8 nitrogen and oxygen atoms in total. The molecule has 0 bridgehead atoms. The second-order valence-corrected chi connectivity index (χ2v) is 9.19. The van der Waals surface area contributed by atoms with E-state index in [0.29, 0.717) is 43.0 Å². The Kier molecular flexibility index (Phi) is 9.67. The Bertz CT molecular complexity index is 1380. The maximum Gasteiger partial charge on any atom is 0.272 e. The molecule has 0 aliphatic rings. The van der Waals surface area contributed by atoms with Gasteiger partial charge in [0.2, 0.25) is 0 Å². The summed E-state index contributed by atoms with van der Waals surface area (Å²) in [5.74, 6) is 1.21. The van der Waals surface area contributed by atoms with Crippen molar-refractivity contribution in [3.05, 3.63) is 101 Å². The van der Waals surface area contributed by atoms with Gasteiger partial charge in [-0.3, -0.25) is 20.1 Å². The van der Waals surface area contributed by atoms with Crippen LogP contribution < -0.4 is 15.2 Å². The molecule has 0 amide bonds. The van der Waals surface area contributed by atoms with Crippen LogP contribution in [0.5, 0.6) is 23.0 Å². The molecule has 2 aromatic heterocycles. The summed E-state index contributed by atoms with van der Waals surface area (Å²) < 4.78 is 10.9. The fourth-order valence-electron chi connectivity index (χ4n) is 2.56. The monoisotopic (exact) mass is 606 g/mol. The molecule has 2 N–H and O–H groups in total. The minimum atomic E-state index is -0.595. The van der Waals surface area contributed by atoms with E-state index in [1.807, 2.05) is 0 Å². The smallest absolute Gasteiger partial charge is 0.272 e. The number of nitrogens with zero attached hydrogens (tertiary/aromatic N) is 3. The highest BCUT2D eigenvalue weighted by molar-refractivity contribution is 6.38. The molecule has 0 unspecified atom stereocenters. The van der Waals surface area contributed by atoms with Gasteiger partial charge in [0.1, 0.15) is 11.5 Å². The molecule has 186 valence electrons. The number of nitro benzene ring substituents is 1. The second-order valence-electron chi connectivity index (χ2n) is 6.69. The molecule has 0 aliphatic carbocycles. The molecular formula is C22H12Cl6N4O4. The van der Waals surface area contributed by atoms with Crippen molar-refractivity contribution in [2.45, 2.75) is 0 Å². The van der Waals surface area contributed by atoms with Crippen LogP contribution in [-0.4, -0.2) is 14.9 Å². The van der Waals surface area contributed by atoms with Gasteiger partial charge in [-0.05, 0) is 12.1 Å². The van der Waals surface area contributed by atoms with Crippen LogP contribution in [0.4, 0.5) is 11.4 Å². The molecule has 4 rings (SSSR count). The third-order valence-electron chi connectivity index (χ3n) is 4.01. The van der Waals surface area contributed by atoms with Crippen LogP contribution in [-0.2, 0) is 0 Å². The van der Waals surface area contributed by atoms with Crippen molar-refractivity contribution in [2.75, 3.05) is 5.73 Å². The molecule has 0 fully saturated rings. The summed E-state index contributed by atoms with van der Waals surface area (Å²) in [6.07, 6.45) is 5.86. The second kappa shape index (κ2) is 12.5. The number of anilines is 1. The van der Waals surface area contributed by atoms with Crippen molar-refractivity contribution in [1.82, 2.24) is 9.97 Å². The molecule has 0 saturated heterocycles. The standard InChI is InChI=1S/C11H5Cl3N2O3.C11H7Cl3N2O/c12-6-1-8(5-15-4-6)19-11-9(13)2-7(16(17)18)3-10(11)14;12-6-1-8(5-16-4-6)17-11-9(13)2-7(15)3-10(11)14/h1-5H;1-5H,15H2. The lowest BCUT2D eigenvalue weighted by Gasteiger charge is -2.10. The van der Waals surface area contributed by atoms with Gasteiger partial charge < -0.3 is 15.2 Å². The Balaban J connectivity index is 0.000000202. The number of halogens is 6. The minimum absolute atomic E-state index is 0.0270. The number of non-ortho nitro benzene ring substituents is 1. The van der Waals surface area contributed by atoms with Gasteiger partial charge in [-0.15, -0.1) is 0 Å². The average molecular weight is 609 g/mol. The molecular weight excluding hydrogens is 597 g/mol. The first-order chi connectivity index (χ1) is 17.0. The lowest BCUT2D eigenvalue weighted by molar-refractivity contribution is -0.384. The first-order valence-electron chi connectivity index (χ1n) is 9.48. The zero-order valence-corrected chi connectivity index (χ0v) is 22.1. The molecule has 2 heterocycles. The molecule has 0 saturated carbocycles. The molecule has 2 aromatic carbocycles. The fraction of sp³-hybridized carbons (Fsp3) is 0. The zero-order chi connectivity index (χ0) is 26.4. The fourth-order valence-corrected chi connectivity index (χ4v) is 4.02. The molecule has 36 heavy (non-hydrogen) atoms. The highest BCUT2D eigenvalue weighted by atomic mass is 35.5. The van der Waals surface area contributed by atoms with E-state index in [0.717, 1.165) is 12.1 Å². The number of hydrogen-bond acceptors (Lipinski definition) is 7. The number of nitrogen functional groups attached to an aromatic ring is 1. The maximum atomic E-state index is 10.6. The lowest BCUT2D eigenvalue weighted by Crippen LogP contribution is -1.92. The first-order valence-corrected chi connectivity index (χ1v) is 11.7. The van der Waals surface area contributed by atoms with Crippen molar-refractivity contribution in [3.63, 3.8) is 0 Å². The predicted molar refractivity (Wildman–Crippen MR) is 143 cm³/mol. The van der Waals surface area contributed by atoms with Crippen molar-refractivity contribution in [1.29, 1.82) is 0 Å². The highest BCUT2D eigenvalue weighted by Gasteiger charge is 2.16. The number of nitrogens with two attached hydrogens (primary N) is 1. The Morgan fingerprint density at radius 2 is 1.06 bits per heavy atom. The van der Waals surface area contributed by atoms with Gasteiger partial charge >= 0.3 is 0 Å². The van der Waals surface area contributed by atoms with E-state index in [1.165, 1.54) is 30.9 Å². The highest BCUT2D eigenvalue weighted by Crippen LogP contribution is 2.40. The van der Waals surface area contributed by atoms with Crippen molar-refractivity contribution < 1.29 is 14.4 Å². The van der Waals surface area contributed by atoms with Crippen LogP contribution >= 0.6 is 69.6 Å². The zero-order valence-electron chi connectivity index (χ0n) is 17.6. The van der Waals surface area contributed by atoms with Crippen LogP contribution in [0.2, 0.25) is 30.1 Å². The summed E-state index contributed by atoms with van der Waals surface area (Å²) >= 11 is 35.3. The Hall–Kier alpha value is -2.72. The van der Waals surface area contributed by atoms with Gasteiger partial charge in [0.25, 0.3) is 5.69 Å². The Morgan fingerprint density at radius 1 is 0.667 bits per heavy atom. The largest absolute Gasteiger partial charge is 0.453 e. The summed E-state index contributed by atoms with van der Waals surface area (Å²) in [4.78, 5) is 17.8. The molecule has 0 aliphatic heterocycles. The molecule has 0 spiro atoms. The van der Waals surface area contributed by atoms with Crippen LogP contribution in [0, 0.1) is 10.1 Å². The van der Waals surface area contributed by atoms with Crippen LogP contribution in [0.3, 0.4) is 0 Å². The van der Waals surface area contributed by atoms with E-state index in [9.17, 15) is 10.1 Å². The summed E-state index contributed by atoms with van der Waals surface area (Å²) in [6, 6.07) is 8.54. The van der Waals surface area contributed by atoms with Gasteiger partial charge in [0.15, 0.2) is 11.5 Å². The summed E-state index contributed by atoms with van der Waals surface area (Å²) in [7, 11) is 0. The predicted octanol–water partition coefficient (Wildman–Crippen LogP) is 9.16. The third-order valence-corrected chi connectivity index (χ3v) is 5.55. The number of rotatable bonds is 5.